The molecule has 4 rings (SSSR count). The molecule has 1 saturated heterocycles. The first-order chi connectivity index (χ1) is 16.1. The molecule has 6 heteroatoms. The van der Waals surface area contributed by atoms with E-state index in [9.17, 15) is 14.0 Å². The molecule has 1 aliphatic rings. The number of halogens is 1. The highest BCUT2D eigenvalue weighted by Gasteiger charge is 2.26. The Morgan fingerprint density at radius 1 is 0.909 bits per heavy atom. The average molecular weight is 446 g/mol. The summed E-state index contributed by atoms with van der Waals surface area (Å²) in [4.78, 5) is 28.0. The summed E-state index contributed by atoms with van der Waals surface area (Å²) in [5, 5.41) is 5.90. The van der Waals surface area contributed by atoms with Gasteiger partial charge in [-0.2, -0.15) is 0 Å². The standard InChI is InChI=1S/C27H28FN3O2/c28-23-14-12-21(13-15-23)18-31-16-6-9-22(19-31)26(32)30-25-11-5-4-10-24(25)27(33)29-17-20-7-2-1-3-8-20/h1-5,7-8,10-15,22H,6,9,16-19H2,(H,29,33)(H,30,32). The predicted octanol–water partition coefficient (Wildman–Crippen LogP) is 4.61. The summed E-state index contributed by atoms with van der Waals surface area (Å²) < 4.78 is 13.2. The van der Waals surface area contributed by atoms with Crippen molar-refractivity contribution < 1.29 is 14.0 Å². The van der Waals surface area contributed by atoms with Crippen LogP contribution < -0.4 is 10.6 Å². The van der Waals surface area contributed by atoms with Gasteiger partial charge < -0.3 is 10.6 Å². The van der Waals surface area contributed by atoms with Gasteiger partial charge in [0.2, 0.25) is 5.91 Å². The van der Waals surface area contributed by atoms with Crippen LogP contribution in [0.5, 0.6) is 0 Å². The van der Waals surface area contributed by atoms with E-state index in [1.165, 1.54) is 12.1 Å². The Kier molecular flexibility index (Phi) is 7.47. The molecule has 5 nitrogen and oxygen atoms in total. The number of anilines is 1. The first kappa shape index (κ1) is 22.7. The van der Waals surface area contributed by atoms with Gasteiger partial charge in [-0.1, -0.05) is 54.6 Å². The van der Waals surface area contributed by atoms with E-state index < -0.39 is 0 Å². The van der Waals surface area contributed by atoms with Crippen LogP contribution in [0.25, 0.3) is 0 Å². The van der Waals surface area contributed by atoms with Crippen molar-refractivity contribution in [3.05, 3.63) is 101 Å². The van der Waals surface area contributed by atoms with Gasteiger partial charge in [0.15, 0.2) is 0 Å². The van der Waals surface area contributed by atoms with Crippen molar-refractivity contribution in [2.45, 2.75) is 25.9 Å². The molecule has 1 heterocycles. The van der Waals surface area contributed by atoms with Crippen molar-refractivity contribution in [1.82, 2.24) is 10.2 Å². The average Bonchev–Trinajstić information content (AvgIpc) is 2.85. The van der Waals surface area contributed by atoms with E-state index in [2.05, 4.69) is 15.5 Å². The van der Waals surface area contributed by atoms with Crippen molar-refractivity contribution in [1.29, 1.82) is 0 Å². The maximum Gasteiger partial charge on any atom is 0.253 e. The third-order valence-electron chi connectivity index (χ3n) is 5.92. The molecule has 0 spiro atoms. The molecule has 33 heavy (non-hydrogen) atoms. The summed E-state index contributed by atoms with van der Waals surface area (Å²) in [6.45, 7) is 2.64. The van der Waals surface area contributed by atoms with Crippen LogP contribution in [-0.4, -0.2) is 29.8 Å². The largest absolute Gasteiger partial charge is 0.348 e. The molecule has 0 aromatic heterocycles. The van der Waals surface area contributed by atoms with Gasteiger partial charge in [-0.3, -0.25) is 14.5 Å². The molecule has 0 radical (unpaired) electrons. The van der Waals surface area contributed by atoms with Gasteiger partial charge in [0.05, 0.1) is 17.2 Å². The van der Waals surface area contributed by atoms with Gasteiger partial charge in [0.1, 0.15) is 5.82 Å². The van der Waals surface area contributed by atoms with Gasteiger partial charge >= 0.3 is 0 Å². The Labute approximate surface area is 193 Å². The molecule has 3 aromatic carbocycles. The molecular weight excluding hydrogens is 417 g/mol. The maximum absolute atomic E-state index is 13.2. The van der Waals surface area contributed by atoms with E-state index >= 15 is 0 Å². The molecule has 3 aromatic rings. The quantitative estimate of drug-likeness (QED) is 0.559. The van der Waals surface area contributed by atoms with Crippen molar-refractivity contribution in [2.24, 2.45) is 5.92 Å². The predicted molar refractivity (Wildman–Crippen MR) is 127 cm³/mol. The SMILES string of the molecule is O=C(NCc1ccccc1)c1ccccc1NC(=O)C1CCCN(Cc2ccc(F)cc2)C1. The Bertz CT molecular complexity index is 1090. The van der Waals surface area contributed by atoms with Crippen LogP contribution in [0.4, 0.5) is 10.1 Å². The monoisotopic (exact) mass is 445 g/mol. The number of nitrogens with zero attached hydrogens (tertiary/aromatic N) is 1. The molecule has 2 N–H and O–H groups in total. The minimum Gasteiger partial charge on any atom is -0.348 e. The number of benzene rings is 3. The smallest absolute Gasteiger partial charge is 0.253 e. The molecular formula is C27H28FN3O2. The summed E-state index contributed by atoms with van der Waals surface area (Å²) >= 11 is 0. The van der Waals surface area contributed by atoms with Crippen LogP contribution in [0.15, 0.2) is 78.9 Å². The number of para-hydroxylation sites is 1. The number of amides is 2. The fourth-order valence-electron chi connectivity index (χ4n) is 4.16. The Morgan fingerprint density at radius 2 is 1.64 bits per heavy atom. The van der Waals surface area contributed by atoms with Gasteiger partial charge in [-0.05, 0) is 54.8 Å². The third kappa shape index (κ3) is 6.26. The van der Waals surface area contributed by atoms with Gasteiger partial charge in [0, 0.05) is 19.6 Å². The molecule has 0 saturated carbocycles. The highest BCUT2D eigenvalue weighted by molar-refractivity contribution is 6.04. The number of nitrogens with one attached hydrogen (secondary N) is 2. The summed E-state index contributed by atoms with van der Waals surface area (Å²) in [6, 6.07) is 23.3. The normalized spacial score (nSPS) is 16.2. The zero-order valence-corrected chi connectivity index (χ0v) is 18.5. The van der Waals surface area contributed by atoms with E-state index in [0.29, 0.717) is 30.9 Å². The number of carbonyl (C=O) groups is 2. The maximum atomic E-state index is 13.2. The first-order valence-electron chi connectivity index (χ1n) is 11.3. The summed E-state index contributed by atoms with van der Waals surface area (Å²) in [5.74, 6) is -0.723. The topological polar surface area (TPSA) is 61.4 Å². The zero-order valence-electron chi connectivity index (χ0n) is 18.5. The van der Waals surface area contributed by atoms with Crippen molar-refractivity contribution in [2.75, 3.05) is 18.4 Å². The Morgan fingerprint density at radius 3 is 2.42 bits per heavy atom. The molecule has 0 aliphatic carbocycles. The number of likely N-dealkylation sites (tertiary alicyclic amines) is 1. The Hall–Kier alpha value is -3.51. The van der Waals surface area contributed by atoms with Crippen molar-refractivity contribution in [3.63, 3.8) is 0 Å². The number of hydrogen-bond donors (Lipinski definition) is 2. The lowest BCUT2D eigenvalue weighted by atomic mass is 9.96. The minimum absolute atomic E-state index is 0.0814. The number of piperidine rings is 1. The van der Waals surface area contributed by atoms with Crippen LogP contribution in [0.1, 0.15) is 34.3 Å². The molecule has 1 aliphatic heterocycles. The van der Waals surface area contributed by atoms with Crippen LogP contribution in [0, 0.1) is 11.7 Å². The van der Waals surface area contributed by atoms with E-state index in [4.69, 9.17) is 0 Å². The van der Waals surface area contributed by atoms with E-state index in [0.717, 1.165) is 30.5 Å². The van der Waals surface area contributed by atoms with E-state index in [-0.39, 0.29) is 23.5 Å². The van der Waals surface area contributed by atoms with Crippen LogP contribution in [0.2, 0.25) is 0 Å². The number of rotatable bonds is 7. The fraction of sp³-hybridized carbons (Fsp3) is 0.259. The van der Waals surface area contributed by atoms with Crippen LogP contribution in [-0.2, 0) is 17.9 Å². The van der Waals surface area contributed by atoms with Crippen molar-refractivity contribution >= 4 is 17.5 Å². The molecule has 2 amide bonds. The minimum atomic E-state index is -0.249. The summed E-state index contributed by atoms with van der Waals surface area (Å²) in [6.07, 6.45) is 1.71. The van der Waals surface area contributed by atoms with Crippen LogP contribution >= 0.6 is 0 Å². The second kappa shape index (κ2) is 10.9. The lowest BCUT2D eigenvalue weighted by Gasteiger charge is -2.32. The fourth-order valence-corrected chi connectivity index (χ4v) is 4.16. The van der Waals surface area contributed by atoms with E-state index in [1.807, 2.05) is 36.4 Å². The van der Waals surface area contributed by atoms with Gasteiger partial charge in [-0.25, -0.2) is 4.39 Å². The van der Waals surface area contributed by atoms with E-state index in [1.54, 1.807) is 30.3 Å². The van der Waals surface area contributed by atoms with Gasteiger partial charge in [-0.15, -0.1) is 0 Å². The van der Waals surface area contributed by atoms with Gasteiger partial charge in [0.25, 0.3) is 5.91 Å². The third-order valence-corrected chi connectivity index (χ3v) is 5.92. The lowest BCUT2D eigenvalue weighted by Crippen LogP contribution is -2.40. The number of carbonyl (C=O) groups excluding carboxylic acids is 2. The highest BCUT2D eigenvalue weighted by atomic mass is 19.1. The number of hydrogen-bond acceptors (Lipinski definition) is 3. The lowest BCUT2D eigenvalue weighted by molar-refractivity contribution is -0.121. The molecule has 1 atom stereocenters. The second-order valence-corrected chi connectivity index (χ2v) is 8.40. The molecule has 1 unspecified atom stereocenters. The van der Waals surface area contributed by atoms with Crippen LogP contribution in [0.3, 0.4) is 0 Å². The van der Waals surface area contributed by atoms with Crippen molar-refractivity contribution in [3.8, 4) is 0 Å². The molecule has 0 bridgehead atoms. The summed E-state index contributed by atoms with van der Waals surface area (Å²) in [7, 11) is 0. The summed E-state index contributed by atoms with van der Waals surface area (Å²) in [5.41, 5.74) is 3.00. The second-order valence-electron chi connectivity index (χ2n) is 8.40. The highest BCUT2D eigenvalue weighted by Crippen LogP contribution is 2.22. The molecule has 170 valence electrons. The molecule has 1 fully saturated rings. The first-order valence-corrected chi connectivity index (χ1v) is 11.3. The Balaban J connectivity index is 1.36. The zero-order chi connectivity index (χ0) is 23.0.